The Balaban J connectivity index is 2.62. The third-order valence-electron chi connectivity index (χ3n) is 3.35. The number of rotatable bonds is 7. The minimum atomic E-state index is -1.10. The lowest BCUT2D eigenvalue weighted by Crippen LogP contribution is -2.40. The fraction of sp³-hybridized carbons (Fsp3) is 0.667. The number of aliphatic imine (C=N–C) groups is 1. The van der Waals surface area contributed by atoms with Crippen LogP contribution in [0.2, 0.25) is 0 Å². The molecular weight excluding hydrogens is 296 g/mol. The molecule has 0 aliphatic heterocycles. The predicted molar refractivity (Wildman–Crippen MR) is 90.1 cm³/mol. The van der Waals surface area contributed by atoms with E-state index in [4.69, 9.17) is 0 Å². The van der Waals surface area contributed by atoms with Crippen molar-refractivity contribution < 1.29 is 9.90 Å². The summed E-state index contributed by atoms with van der Waals surface area (Å²) in [6.07, 6.45) is 3.79. The van der Waals surface area contributed by atoms with Crippen LogP contribution in [0.4, 0.5) is 0 Å². The predicted octanol–water partition coefficient (Wildman–Crippen LogP) is -0.339. The number of amides is 1. The minimum Gasteiger partial charge on any atom is -0.383 e. The molecular formula is C15H28N6O2. The van der Waals surface area contributed by atoms with Crippen LogP contribution in [-0.4, -0.2) is 65.4 Å². The van der Waals surface area contributed by atoms with Gasteiger partial charge < -0.3 is 20.6 Å². The van der Waals surface area contributed by atoms with Gasteiger partial charge in [-0.2, -0.15) is 5.10 Å². The number of aromatic nitrogens is 2. The Kier molecular flexibility index (Phi) is 7.02. The van der Waals surface area contributed by atoms with E-state index < -0.39 is 5.60 Å². The maximum atomic E-state index is 11.6. The second kappa shape index (κ2) is 8.52. The van der Waals surface area contributed by atoms with Crippen LogP contribution in [0, 0.1) is 0 Å². The Morgan fingerprint density at radius 1 is 1.48 bits per heavy atom. The summed E-state index contributed by atoms with van der Waals surface area (Å²) in [5.41, 5.74) is -0.391. The number of aliphatic hydroxyl groups is 1. The molecule has 8 heteroatoms. The van der Waals surface area contributed by atoms with E-state index in [1.165, 1.54) is 0 Å². The Morgan fingerprint density at radius 2 is 2.17 bits per heavy atom. The number of carbonyl (C=O) groups is 1. The van der Waals surface area contributed by atoms with Crippen LogP contribution < -0.4 is 10.6 Å². The summed E-state index contributed by atoms with van der Waals surface area (Å²) in [4.78, 5) is 17.5. The molecule has 8 nitrogen and oxygen atoms in total. The molecule has 0 saturated carbocycles. The second-order valence-corrected chi connectivity index (χ2v) is 5.84. The van der Waals surface area contributed by atoms with Gasteiger partial charge in [0.05, 0.1) is 12.7 Å². The van der Waals surface area contributed by atoms with Crippen molar-refractivity contribution in [1.29, 1.82) is 0 Å². The molecule has 130 valence electrons. The molecule has 0 aliphatic rings. The average Bonchev–Trinajstić information content (AvgIpc) is 2.92. The van der Waals surface area contributed by atoms with Gasteiger partial charge in [-0.3, -0.25) is 9.48 Å². The molecule has 1 unspecified atom stereocenters. The summed E-state index contributed by atoms with van der Waals surface area (Å²) >= 11 is 0. The quantitative estimate of drug-likeness (QED) is 0.471. The van der Waals surface area contributed by atoms with Gasteiger partial charge in [0.1, 0.15) is 5.60 Å². The highest BCUT2D eigenvalue weighted by molar-refractivity contribution is 5.81. The summed E-state index contributed by atoms with van der Waals surface area (Å²) in [7, 11) is 5.26. The third-order valence-corrected chi connectivity index (χ3v) is 3.35. The molecule has 0 aliphatic carbocycles. The van der Waals surface area contributed by atoms with Crippen molar-refractivity contribution in [2.45, 2.75) is 25.9 Å². The summed E-state index contributed by atoms with van der Waals surface area (Å²) in [5.74, 6) is 0.624. The van der Waals surface area contributed by atoms with Gasteiger partial charge in [0.15, 0.2) is 5.96 Å². The van der Waals surface area contributed by atoms with E-state index in [9.17, 15) is 9.90 Å². The molecule has 0 fully saturated rings. The van der Waals surface area contributed by atoms with Gasteiger partial charge in [-0.25, -0.2) is 4.99 Å². The molecule has 0 saturated heterocycles. The van der Waals surface area contributed by atoms with E-state index in [0.29, 0.717) is 31.0 Å². The molecule has 23 heavy (non-hydrogen) atoms. The highest BCUT2D eigenvalue weighted by Gasteiger charge is 2.24. The van der Waals surface area contributed by atoms with Crippen LogP contribution in [0.15, 0.2) is 17.4 Å². The Hall–Kier alpha value is -2.09. The normalized spacial score (nSPS) is 14.3. The zero-order valence-corrected chi connectivity index (χ0v) is 14.6. The van der Waals surface area contributed by atoms with E-state index in [2.05, 4.69) is 20.7 Å². The first-order valence-corrected chi connectivity index (χ1v) is 7.70. The maximum Gasteiger partial charge on any atom is 0.223 e. The van der Waals surface area contributed by atoms with E-state index in [0.717, 1.165) is 0 Å². The topological polar surface area (TPSA) is 94.8 Å². The van der Waals surface area contributed by atoms with Gasteiger partial charge in [0.25, 0.3) is 0 Å². The van der Waals surface area contributed by atoms with Crippen molar-refractivity contribution in [2.75, 3.05) is 33.7 Å². The highest BCUT2D eigenvalue weighted by atomic mass is 16.3. The lowest BCUT2D eigenvalue weighted by molar-refractivity contribution is -0.128. The number of aryl methyl sites for hydroxylation is 1. The van der Waals surface area contributed by atoms with Gasteiger partial charge in [0.2, 0.25) is 5.91 Å². The molecule has 1 rings (SSSR count). The largest absolute Gasteiger partial charge is 0.383 e. The number of hydrogen-bond donors (Lipinski definition) is 3. The summed E-state index contributed by atoms with van der Waals surface area (Å²) in [6.45, 7) is 5.03. The van der Waals surface area contributed by atoms with E-state index in [-0.39, 0.29) is 12.5 Å². The SMILES string of the molecule is CCNC(=NCC(C)(O)c1cnn(C)c1)NCCC(=O)N(C)C. The molecule has 0 aromatic carbocycles. The number of nitrogens with zero attached hydrogens (tertiary/aromatic N) is 4. The summed E-state index contributed by atoms with van der Waals surface area (Å²) in [6, 6.07) is 0. The summed E-state index contributed by atoms with van der Waals surface area (Å²) < 4.78 is 1.64. The second-order valence-electron chi connectivity index (χ2n) is 5.84. The number of carbonyl (C=O) groups excluding carboxylic acids is 1. The Morgan fingerprint density at radius 3 is 2.70 bits per heavy atom. The van der Waals surface area contributed by atoms with Crippen molar-refractivity contribution >= 4 is 11.9 Å². The van der Waals surface area contributed by atoms with Crippen molar-refractivity contribution in [1.82, 2.24) is 25.3 Å². The van der Waals surface area contributed by atoms with Crippen molar-refractivity contribution in [2.24, 2.45) is 12.0 Å². The van der Waals surface area contributed by atoms with E-state index >= 15 is 0 Å². The molecule has 1 aromatic heterocycles. The van der Waals surface area contributed by atoms with Crippen LogP contribution >= 0.6 is 0 Å². The lowest BCUT2D eigenvalue weighted by atomic mass is 10.0. The lowest BCUT2D eigenvalue weighted by Gasteiger charge is -2.20. The fourth-order valence-electron chi connectivity index (χ4n) is 1.88. The van der Waals surface area contributed by atoms with E-state index in [1.54, 1.807) is 50.0 Å². The monoisotopic (exact) mass is 324 g/mol. The average molecular weight is 324 g/mol. The Bertz CT molecular complexity index is 536. The van der Waals surface area contributed by atoms with Gasteiger partial charge in [-0.05, 0) is 13.8 Å². The van der Waals surface area contributed by atoms with Crippen molar-refractivity contribution in [3.05, 3.63) is 18.0 Å². The van der Waals surface area contributed by atoms with Crippen molar-refractivity contribution in [3.8, 4) is 0 Å². The number of nitrogens with one attached hydrogen (secondary N) is 2. The molecule has 0 spiro atoms. The van der Waals surface area contributed by atoms with Gasteiger partial charge in [0, 0.05) is 52.4 Å². The molecule has 0 bridgehead atoms. The molecule has 1 amide bonds. The first kappa shape index (κ1) is 19.0. The first-order valence-electron chi connectivity index (χ1n) is 7.70. The first-order chi connectivity index (χ1) is 10.8. The minimum absolute atomic E-state index is 0.0516. The standard InChI is InChI=1S/C15H28N6O2/c1-6-16-14(17-8-7-13(22)20(3)4)18-11-15(2,23)12-9-19-21(5)10-12/h9-10,23H,6-8,11H2,1-5H3,(H2,16,17,18). The fourth-order valence-corrected chi connectivity index (χ4v) is 1.88. The van der Waals surface area contributed by atoms with Crippen LogP contribution in [0.5, 0.6) is 0 Å². The smallest absolute Gasteiger partial charge is 0.223 e. The molecule has 1 aromatic rings. The van der Waals surface area contributed by atoms with Gasteiger partial charge in [-0.15, -0.1) is 0 Å². The maximum absolute atomic E-state index is 11.6. The molecule has 1 atom stereocenters. The van der Waals surface area contributed by atoms with Gasteiger partial charge in [-0.1, -0.05) is 0 Å². The van der Waals surface area contributed by atoms with Crippen LogP contribution in [0.1, 0.15) is 25.8 Å². The van der Waals surface area contributed by atoms with Crippen LogP contribution in [-0.2, 0) is 17.4 Å². The zero-order chi connectivity index (χ0) is 17.5. The third kappa shape index (κ3) is 6.27. The van der Waals surface area contributed by atoms with Crippen molar-refractivity contribution in [3.63, 3.8) is 0 Å². The summed E-state index contributed by atoms with van der Waals surface area (Å²) in [5, 5.41) is 20.8. The molecule has 1 heterocycles. The highest BCUT2D eigenvalue weighted by Crippen LogP contribution is 2.19. The number of guanidine groups is 1. The van der Waals surface area contributed by atoms with Crippen LogP contribution in [0.25, 0.3) is 0 Å². The van der Waals surface area contributed by atoms with Crippen LogP contribution in [0.3, 0.4) is 0 Å². The Labute approximate surface area is 137 Å². The zero-order valence-electron chi connectivity index (χ0n) is 14.6. The molecule has 3 N–H and O–H groups in total. The molecule has 0 radical (unpaired) electrons. The van der Waals surface area contributed by atoms with Gasteiger partial charge >= 0.3 is 0 Å². The van der Waals surface area contributed by atoms with E-state index in [1.807, 2.05) is 6.92 Å². The number of hydrogen-bond acceptors (Lipinski definition) is 4.